The van der Waals surface area contributed by atoms with Crippen LogP contribution < -0.4 is 10.6 Å². The molecule has 1 unspecified atom stereocenters. The van der Waals surface area contributed by atoms with Crippen molar-refractivity contribution in [2.24, 2.45) is 0 Å². The van der Waals surface area contributed by atoms with E-state index in [1.54, 1.807) is 6.07 Å². The lowest BCUT2D eigenvalue weighted by Crippen LogP contribution is -2.42. The predicted molar refractivity (Wildman–Crippen MR) is 73.1 cm³/mol. The van der Waals surface area contributed by atoms with E-state index in [2.05, 4.69) is 11.8 Å². The Balaban J connectivity index is 2.24. The lowest BCUT2D eigenvalue weighted by molar-refractivity contribution is 0.0385. The van der Waals surface area contributed by atoms with Crippen molar-refractivity contribution in [3.63, 3.8) is 0 Å². The van der Waals surface area contributed by atoms with Crippen LogP contribution in [0.2, 0.25) is 10.0 Å². The third kappa shape index (κ3) is 2.79. The monoisotopic (exact) mass is 274 g/mol. The first-order chi connectivity index (χ1) is 8.11. The third-order valence-corrected chi connectivity index (χ3v) is 3.73. The van der Waals surface area contributed by atoms with E-state index >= 15 is 0 Å². The van der Waals surface area contributed by atoms with Gasteiger partial charge in [0, 0.05) is 13.1 Å². The lowest BCUT2D eigenvalue weighted by Gasteiger charge is -2.35. The first-order valence-corrected chi connectivity index (χ1v) is 6.48. The summed E-state index contributed by atoms with van der Waals surface area (Å²) in [5.41, 5.74) is 7.59. The predicted octanol–water partition coefficient (Wildman–Crippen LogP) is 3.19. The van der Waals surface area contributed by atoms with Crippen LogP contribution in [0.15, 0.2) is 12.1 Å². The van der Waals surface area contributed by atoms with Crippen LogP contribution in [0.4, 0.5) is 11.4 Å². The van der Waals surface area contributed by atoms with Gasteiger partial charge >= 0.3 is 0 Å². The van der Waals surface area contributed by atoms with Gasteiger partial charge in [0.25, 0.3) is 0 Å². The van der Waals surface area contributed by atoms with Gasteiger partial charge in [0.2, 0.25) is 0 Å². The average Bonchev–Trinajstić information content (AvgIpc) is 2.34. The zero-order chi connectivity index (χ0) is 12.4. The Morgan fingerprint density at radius 1 is 1.41 bits per heavy atom. The topological polar surface area (TPSA) is 38.5 Å². The molecule has 1 heterocycles. The molecule has 0 radical (unpaired) electrons. The van der Waals surface area contributed by atoms with Crippen LogP contribution >= 0.6 is 23.2 Å². The largest absolute Gasteiger partial charge is 0.397 e. The van der Waals surface area contributed by atoms with Gasteiger partial charge in [0.1, 0.15) is 0 Å². The van der Waals surface area contributed by atoms with Gasteiger partial charge in [-0.3, -0.25) is 0 Å². The normalized spacial score (nSPS) is 20.6. The summed E-state index contributed by atoms with van der Waals surface area (Å²) in [6, 6.07) is 3.53. The summed E-state index contributed by atoms with van der Waals surface area (Å²) < 4.78 is 5.63. The minimum Gasteiger partial charge on any atom is -0.397 e. The Bertz CT molecular complexity index is 412. The van der Waals surface area contributed by atoms with Crippen molar-refractivity contribution in [1.29, 1.82) is 0 Å². The summed E-state index contributed by atoms with van der Waals surface area (Å²) in [5.74, 6) is 0. The smallest absolute Gasteiger partial charge is 0.0748 e. The van der Waals surface area contributed by atoms with Crippen molar-refractivity contribution in [2.45, 2.75) is 19.4 Å². The Labute approximate surface area is 111 Å². The number of benzene rings is 1. The molecule has 1 aromatic carbocycles. The zero-order valence-corrected chi connectivity index (χ0v) is 11.3. The van der Waals surface area contributed by atoms with Gasteiger partial charge in [-0.05, 0) is 18.6 Å². The SMILES string of the molecule is CCC1CN(c2cc(Cl)c(Cl)cc2N)CCO1. The molecular formula is C12H16Cl2N2O. The number of nitrogens with zero attached hydrogens (tertiary/aromatic N) is 1. The highest BCUT2D eigenvalue weighted by molar-refractivity contribution is 6.42. The van der Waals surface area contributed by atoms with E-state index in [0.717, 1.165) is 31.8 Å². The Hall–Kier alpha value is -0.640. The molecule has 17 heavy (non-hydrogen) atoms. The van der Waals surface area contributed by atoms with E-state index in [4.69, 9.17) is 33.7 Å². The number of rotatable bonds is 2. The van der Waals surface area contributed by atoms with E-state index < -0.39 is 0 Å². The Morgan fingerprint density at radius 2 is 2.12 bits per heavy atom. The van der Waals surface area contributed by atoms with Gasteiger partial charge in [-0.2, -0.15) is 0 Å². The van der Waals surface area contributed by atoms with Crippen LogP contribution in [-0.2, 0) is 4.74 Å². The Morgan fingerprint density at radius 3 is 2.82 bits per heavy atom. The highest BCUT2D eigenvalue weighted by Gasteiger charge is 2.21. The van der Waals surface area contributed by atoms with Gasteiger partial charge in [0.05, 0.1) is 34.1 Å². The molecule has 1 aromatic rings. The quantitative estimate of drug-likeness (QED) is 0.842. The Kier molecular flexibility index (Phi) is 4.02. The molecule has 0 aromatic heterocycles. The van der Waals surface area contributed by atoms with Crippen LogP contribution in [0.5, 0.6) is 0 Å². The maximum Gasteiger partial charge on any atom is 0.0748 e. The summed E-state index contributed by atoms with van der Waals surface area (Å²) in [7, 11) is 0. The van der Waals surface area contributed by atoms with Gasteiger partial charge in [-0.25, -0.2) is 0 Å². The van der Waals surface area contributed by atoms with Crippen LogP contribution in [0.1, 0.15) is 13.3 Å². The van der Waals surface area contributed by atoms with Crippen molar-refractivity contribution in [2.75, 3.05) is 30.3 Å². The van der Waals surface area contributed by atoms with Crippen LogP contribution in [0.25, 0.3) is 0 Å². The van der Waals surface area contributed by atoms with Gasteiger partial charge in [-0.15, -0.1) is 0 Å². The number of nitrogen functional groups attached to an aromatic ring is 1. The summed E-state index contributed by atoms with van der Waals surface area (Å²) >= 11 is 12.0. The summed E-state index contributed by atoms with van der Waals surface area (Å²) in [6.07, 6.45) is 1.26. The second kappa shape index (κ2) is 5.34. The van der Waals surface area contributed by atoms with Crippen molar-refractivity contribution in [1.82, 2.24) is 0 Å². The fraction of sp³-hybridized carbons (Fsp3) is 0.500. The maximum absolute atomic E-state index is 6.03. The zero-order valence-electron chi connectivity index (χ0n) is 9.75. The molecule has 1 aliphatic heterocycles. The summed E-state index contributed by atoms with van der Waals surface area (Å²) in [5, 5.41) is 1.03. The second-order valence-electron chi connectivity index (χ2n) is 4.17. The molecule has 0 spiro atoms. The molecule has 0 saturated carbocycles. The molecule has 1 aliphatic rings. The highest BCUT2D eigenvalue weighted by atomic mass is 35.5. The summed E-state index contributed by atoms with van der Waals surface area (Å²) in [4.78, 5) is 2.20. The minimum absolute atomic E-state index is 0.262. The average molecular weight is 275 g/mol. The number of anilines is 2. The number of hydrogen-bond acceptors (Lipinski definition) is 3. The summed E-state index contributed by atoms with van der Waals surface area (Å²) in [6.45, 7) is 4.52. The number of morpholine rings is 1. The second-order valence-corrected chi connectivity index (χ2v) is 4.99. The lowest BCUT2D eigenvalue weighted by atomic mass is 10.2. The molecule has 0 aliphatic carbocycles. The molecular weight excluding hydrogens is 259 g/mol. The molecule has 5 heteroatoms. The van der Waals surface area contributed by atoms with Crippen molar-refractivity contribution in [3.8, 4) is 0 Å². The van der Waals surface area contributed by atoms with Crippen molar-refractivity contribution < 1.29 is 4.74 Å². The maximum atomic E-state index is 6.03. The third-order valence-electron chi connectivity index (χ3n) is 3.00. The van der Waals surface area contributed by atoms with E-state index in [9.17, 15) is 0 Å². The first kappa shape index (κ1) is 12.8. The standard InChI is InChI=1S/C12H16Cl2N2O/c1-2-8-7-16(3-4-17-8)12-6-10(14)9(13)5-11(12)15/h5-6,8H,2-4,7,15H2,1H3. The molecule has 0 bridgehead atoms. The van der Waals surface area contributed by atoms with Crippen molar-refractivity contribution >= 4 is 34.6 Å². The van der Waals surface area contributed by atoms with E-state index in [0.29, 0.717) is 15.7 Å². The number of hydrogen-bond donors (Lipinski definition) is 1. The van der Waals surface area contributed by atoms with Gasteiger partial charge in [-0.1, -0.05) is 30.1 Å². The van der Waals surface area contributed by atoms with Crippen molar-refractivity contribution in [3.05, 3.63) is 22.2 Å². The molecule has 1 fully saturated rings. The van der Waals surface area contributed by atoms with Crippen LogP contribution in [-0.4, -0.2) is 25.8 Å². The molecule has 1 atom stereocenters. The molecule has 2 rings (SSSR count). The highest BCUT2D eigenvalue weighted by Crippen LogP contribution is 2.33. The molecule has 94 valence electrons. The molecule has 2 N–H and O–H groups in total. The van der Waals surface area contributed by atoms with Crippen LogP contribution in [0, 0.1) is 0 Å². The fourth-order valence-corrected chi connectivity index (χ4v) is 2.34. The van der Waals surface area contributed by atoms with E-state index in [1.165, 1.54) is 0 Å². The van der Waals surface area contributed by atoms with Gasteiger partial charge < -0.3 is 15.4 Å². The van der Waals surface area contributed by atoms with Gasteiger partial charge in [0.15, 0.2) is 0 Å². The molecule has 0 amide bonds. The van der Waals surface area contributed by atoms with Crippen LogP contribution in [0.3, 0.4) is 0 Å². The first-order valence-electron chi connectivity index (χ1n) is 5.73. The number of ether oxygens (including phenoxy) is 1. The molecule has 1 saturated heterocycles. The van der Waals surface area contributed by atoms with E-state index in [-0.39, 0.29) is 6.10 Å². The molecule has 3 nitrogen and oxygen atoms in total. The number of nitrogens with two attached hydrogens (primary N) is 1. The number of halogens is 2. The fourth-order valence-electron chi connectivity index (χ4n) is 2.01. The minimum atomic E-state index is 0.262. The van der Waals surface area contributed by atoms with E-state index in [1.807, 2.05) is 6.07 Å².